The number of hydrogen-bond donors (Lipinski definition) is 1. The summed E-state index contributed by atoms with van der Waals surface area (Å²) < 4.78 is 14.3. The van der Waals surface area contributed by atoms with E-state index in [9.17, 15) is 19.6 Å². The van der Waals surface area contributed by atoms with Crippen LogP contribution in [0.25, 0.3) is 10.9 Å². The Kier molecular flexibility index (Phi) is 5.05. The van der Waals surface area contributed by atoms with Crippen LogP contribution >= 0.6 is 0 Å². The summed E-state index contributed by atoms with van der Waals surface area (Å²) in [5.41, 5.74) is 2.30. The Morgan fingerprint density at radius 1 is 1.11 bits per heavy atom. The van der Waals surface area contributed by atoms with E-state index in [2.05, 4.69) is 16.0 Å². The van der Waals surface area contributed by atoms with Gasteiger partial charge in [0, 0.05) is 43.2 Å². The molecule has 178 valence electrons. The van der Waals surface area contributed by atoms with E-state index in [1.165, 1.54) is 12.1 Å². The molecule has 1 aliphatic carbocycles. The fraction of sp³-hybridized carbons (Fsp3) is 0.393. The van der Waals surface area contributed by atoms with Crippen LogP contribution in [0, 0.1) is 22.6 Å². The summed E-state index contributed by atoms with van der Waals surface area (Å²) in [5, 5.41) is 20.4. The zero-order valence-electron chi connectivity index (χ0n) is 19.5. The Morgan fingerprint density at radius 2 is 1.83 bits per heavy atom. The summed E-state index contributed by atoms with van der Waals surface area (Å²) in [6, 6.07) is 16.9. The second-order valence-corrected chi connectivity index (χ2v) is 10.5. The number of anilines is 1. The van der Waals surface area contributed by atoms with Crippen LogP contribution < -0.4 is 4.90 Å². The van der Waals surface area contributed by atoms with E-state index in [4.69, 9.17) is 0 Å². The normalized spacial score (nSPS) is 20.8. The summed E-state index contributed by atoms with van der Waals surface area (Å²) >= 11 is 0. The van der Waals surface area contributed by atoms with E-state index in [1.807, 2.05) is 35.2 Å². The van der Waals surface area contributed by atoms with Crippen molar-refractivity contribution in [3.63, 3.8) is 0 Å². The molecule has 1 aromatic heterocycles. The second kappa shape index (κ2) is 8.03. The van der Waals surface area contributed by atoms with Gasteiger partial charge in [-0.05, 0) is 49.4 Å². The van der Waals surface area contributed by atoms with Gasteiger partial charge >= 0.3 is 0 Å². The Labute approximate surface area is 203 Å². The molecule has 3 aromatic rings. The van der Waals surface area contributed by atoms with Gasteiger partial charge < -0.3 is 14.9 Å². The van der Waals surface area contributed by atoms with Crippen LogP contribution in [0.2, 0.25) is 0 Å². The van der Waals surface area contributed by atoms with E-state index in [0.29, 0.717) is 61.2 Å². The van der Waals surface area contributed by atoms with Gasteiger partial charge in [-0.1, -0.05) is 30.3 Å². The van der Waals surface area contributed by atoms with Gasteiger partial charge in [-0.15, -0.1) is 0 Å². The lowest BCUT2D eigenvalue weighted by atomic mass is 9.62. The summed E-state index contributed by atoms with van der Waals surface area (Å²) in [4.78, 5) is 22.0. The number of likely N-dealkylation sites (tertiary alicyclic amines) is 1. The number of piperidine rings is 1. The van der Waals surface area contributed by atoms with Crippen molar-refractivity contribution in [2.75, 3.05) is 31.1 Å². The minimum absolute atomic E-state index is 0.0544. The SMILES string of the molecule is N#CC1(c2ccccc2)CCN(c2c(C(=O)N3CC4(CC(O)C4)C3)cnc3ccc(F)cc23)CC1. The molecule has 0 unspecified atom stereocenters. The molecule has 2 aromatic carbocycles. The number of hydrogen-bond acceptors (Lipinski definition) is 5. The third-order valence-corrected chi connectivity index (χ3v) is 8.18. The number of carbonyl (C=O) groups is 1. The van der Waals surface area contributed by atoms with Gasteiger partial charge in [-0.3, -0.25) is 9.78 Å². The highest BCUT2D eigenvalue weighted by Crippen LogP contribution is 2.49. The molecule has 3 fully saturated rings. The average Bonchev–Trinajstić information content (AvgIpc) is 2.85. The molecule has 6 rings (SSSR count). The monoisotopic (exact) mass is 470 g/mol. The summed E-state index contributed by atoms with van der Waals surface area (Å²) in [6.45, 7) is 2.42. The number of aliphatic hydroxyl groups is 1. The third kappa shape index (κ3) is 3.55. The highest BCUT2D eigenvalue weighted by atomic mass is 19.1. The van der Waals surface area contributed by atoms with Crippen molar-refractivity contribution >= 4 is 22.5 Å². The van der Waals surface area contributed by atoms with Crippen LogP contribution in [0.5, 0.6) is 0 Å². The van der Waals surface area contributed by atoms with Crippen molar-refractivity contribution in [3.05, 3.63) is 71.7 Å². The molecule has 0 radical (unpaired) electrons. The van der Waals surface area contributed by atoms with Crippen molar-refractivity contribution in [3.8, 4) is 6.07 Å². The topological polar surface area (TPSA) is 80.5 Å². The van der Waals surface area contributed by atoms with Crippen LogP contribution in [-0.2, 0) is 5.41 Å². The van der Waals surface area contributed by atoms with Crippen LogP contribution in [0.1, 0.15) is 41.6 Å². The van der Waals surface area contributed by atoms with Crippen molar-refractivity contribution in [1.29, 1.82) is 5.26 Å². The molecule has 35 heavy (non-hydrogen) atoms. The van der Waals surface area contributed by atoms with Crippen LogP contribution in [-0.4, -0.2) is 53.2 Å². The first-order valence-corrected chi connectivity index (χ1v) is 12.2. The van der Waals surface area contributed by atoms with Crippen molar-refractivity contribution in [2.24, 2.45) is 5.41 Å². The van der Waals surface area contributed by atoms with Gasteiger partial charge in [0.25, 0.3) is 5.91 Å². The van der Waals surface area contributed by atoms with Crippen molar-refractivity contribution in [2.45, 2.75) is 37.2 Å². The lowest BCUT2D eigenvalue weighted by Gasteiger charge is -2.57. The molecular formula is C28H27FN4O2. The van der Waals surface area contributed by atoms with E-state index in [1.54, 1.807) is 12.3 Å². The van der Waals surface area contributed by atoms with Gasteiger partial charge in [0.15, 0.2) is 0 Å². The third-order valence-electron chi connectivity index (χ3n) is 8.18. The molecule has 0 atom stereocenters. The van der Waals surface area contributed by atoms with E-state index >= 15 is 0 Å². The molecular weight excluding hydrogens is 443 g/mol. The van der Waals surface area contributed by atoms with Gasteiger partial charge in [-0.25, -0.2) is 4.39 Å². The molecule has 0 bridgehead atoms. The highest BCUT2D eigenvalue weighted by molar-refractivity contribution is 6.07. The van der Waals surface area contributed by atoms with E-state index < -0.39 is 5.41 Å². The Morgan fingerprint density at radius 3 is 2.49 bits per heavy atom. The Bertz CT molecular complexity index is 1330. The van der Waals surface area contributed by atoms with Crippen molar-refractivity contribution in [1.82, 2.24) is 9.88 Å². The van der Waals surface area contributed by atoms with Crippen LogP contribution in [0.15, 0.2) is 54.7 Å². The quantitative estimate of drug-likeness (QED) is 0.625. The first-order valence-electron chi connectivity index (χ1n) is 12.2. The number of benzene rings is 2. The van der Waals surface area contributed by atoms with Gasteiger partial charge in [0.05, 0.1) is 34.4 Å². The maximum absolute atomic E-state index is 14.3. The first kappa shape index (κ1) is 22.0. The highest BCUT2D eigenvalue weighted by Gasteiger charge is 2.53. The number of rotatable bonds is 3. The first-order chi connectivity index (χ1) is 16.9. The van der Waals surface area contributed by atoms with Crippen molar-refractivity contribution < 1.29 is 14.3 Å². The minimum atomic E-state index is -0.578. The van der Waals surface area contributed by atoms with Crippen LogP contribution in [0.3, 0.4) is 0 Å². The summed E-state index contributed by atoms with van der Waals surface area (Å²) in [5.74, 6) is -0.477. The van der Waals surface area contributed by atoms with E-state index in [-0.39, 0.29) is 23.2 Å². The molecule has 1 amide bonds. The molecule has 2 aliphatic heterocycles. The lowest BCUT2D eigenvalue weighted by molar-refractivity contribution is -0.113. The number of carbonyl (C=O) groups excluding carboxylic acids is 1. The summed E-state index contributed by atoms with van der Waals surface area (Å²) in [7, 11) is 0. The predicted molar refractivity (Wildman–Crippen MR) is 130 cm³/mol. The number of pyridine rings is 1. The predicted octanol–water partition coefficient (Wildman–Crippen LogP) is 4.03. The maximum atomic E-state index is 14.3. The molecule has 1 N–H and O–H groups in total. The zero-order chi connectivity index (χ0) is 24.2. The lowest BCUT2D eigenvalue weighted by Crippen LogP contribution is -2.65. The molecule has 3 aliphatic rings. The molecule has 1 saturated carbocycles. The minimum Gasteiger partial charge on any atom is -0.393 e. The zero-order valence-corrected chi connectivity index (χ0v) is 19.5. The fourth-order valence-corrected chi connectivity index (χ4v) is 6.26. The number of amides is 1. The average molecular weight is 471 g/mol. The standard InChI is InChI=1S/C28H27FN4O2/c29-20-6-7-24-22(12-20)25(23(15-31-24)26(35)33-17-27(18-33)13-21(34)14-27)32-10-8-28(16-30,9-11-32)19-4-2-1-3-5-19/h1-7,12,15,21,34H,8-11,13-14,17-18H2. The Balaban J connectivity index is 1.33. The number of nitrogens with zero attached hydrogens (tertiary/aromatic N) is 4. The van der Waals surface area contributed by atoms with Crippen LogP contribution in [0.4, 0.5) is 10.1 Å². The second-order valence-electron chi connectivity index (χ2n) is 10.5. The maximum Gasteiger partial charge on any atom is 0.257 e. The summed E-state index contributed by atoms with van der Waals surface area (Å²) in [6.07, 6.45) is 4.07. The number of halogens is 1. The molecule has 1 spiro atoms. The smallest absolute Gasteiger partial charge is 0.257 e. The van der Waals surface area contributed by atoms with E-state index in [0.717, 1.165) is 18.4 Å². The van der Waals surface area contributed by atoms with Gasteiger partial charge in [-0.2, -0.15) is 5.26 Å². The van der Waals surface area contributed by atoms with Gasteiger partial charge in [0.1, 0.15) is 5.82 Å². The van der Waals surface area contributed by atoms with Gasteiger partial charge in [0.2, 0.25) is 0 Å². The molecule has 6 nitrogen and oxygen atoms in total. The molecule has 3 heterocycles. The largest absolute Gasteiger partial charge is 0.393 e. The number of aromatic nitrogens is 1. The number of aliphatic hydroxyl groups excluding tert-OH is 1. The fourth-order valence-electron chi connectivity index (χ4n) is 6.26. The molecule has 7 heteroatoms. The Hall–Kier alpha value is -3.50. The number of fused-ring (bicyclic) bond motifs is 1. The number of nitriles is 1. The molecule has 2 saturated heterocycles.